The number of carbonyl (C=O) groups is 2. The largest absolute Gasteiger partial charge is 0.507 e. The maximum absolute atomic E-state index is 12.5. The summed E-state index contributed by atoms with van der Waals surface area (Å²) in [6, 6.07) is 4.53. The first-order valence-electron chi connectivity index (χ1n) is 6.50. The van der Waals surface area contributed by atoms with Gasteiger partial charge in [0.2, 0.25) is 0 Å². The van der Waals surface area contributed by atoms with E-state index in [1.807, 2.05) is 22.6 Å². The van der Waals surface area contributed by atoms with Crippen LogP contribution in [0.5, 0.6) is 5.75 Å². The number of carboxylic acids is 1. The summed E-state index contributed by atoms with van der Waals surface area (Å²) in [5.41, 5.74) is 0.403. The Morgan fingerprint density at radius 3 is 2.75 bits per heavy atom. The number of amides is 1. The Balaban J connectivity index is 2.20. The number of phenolic OH excluding ortho intramolecular Hbond substituents is 1. The van der Waals surface area contributed by atoms with Crippen molar-refractivity contribution in [3.63, 3.8) is 0 Å². The molecule has 1 heterocycles. The number of aliphatic carboxylic acids is 1. The molecule has 1 aromatic rings. The van der Waals surface area contributed by atoms with Crippen LogP contribution in [0.4, 0.5) is 0 Å². The van der Waals surface area contributed by atoms with Crippen LogP contribution in [0.3, 0.4) is 0 Å². The Kier molecular flexibility index (Phi) is 4.85. The minimum atomic E-state index is -0.889. The van der Waals surface area contributed by atoms with Gasteiger partial charge in [0.25, 0.3) is 5.91 Å². The van der Waals surface area contributed by atoms with Crippen molar-refractivity contribution in [1.29, 1.82) is 0 Å². The molecule has 1 aliphatic heterocycles. The predicted octanol–water partition coefficient (Wildman–Crippen LogP) is 2.47. The average molecular weight is 389 g/mol. The van der Waals surface area contributed by atoms with Gasteiger partial charge < -0.3 is 15.1 Å². The summed E-state index contributed by atoms with van der Waals surface area (Å²) in [6.45, 7) is 0.573. The fraction of sp³-hybridized carbons (Fsp3) is 0.429. The molecule has 1 amide bonds. The molecule has 1 saturated heterocycles. The molecule has 0 bridgehead atoms. The molecule has 0 radical (unpaired) electrons. The third-order valence-corrected chi connectivity index (χ3v) is 4.40. The Labute approximate surface area is 130 Å². The number of phenols is 1. The Hall–Kier alpha value is -1.31. The van der Waals surface area contributed by atoms with Gasteiger partial charge in [-0.25, -0.2) is 0 Å². The number of halogens is 1. The van der Waals surface area contributed by atoms with E-state index >= 15 is 0 Å². The van der Waals surface area contributed by atoms with Crippen molar-refractivity contribution >= 4 is 34.5 Å². The van der Waals surface area contributed by atoms with E-state index in [0.717, 1.165) is 12.8 Å². The summed E-state index contributed by atoms with van der Waals surface area (Å²) in [7, 11) is 0. The van der Waals surface area contributed by atoms with Gasteiger partial charge in [-0.15, -0.1) is 0 Å². The molecule has 5 nitrogen and oxygen atoms in total. The highest BCUT2D eigenvalue weighted by Crippen LogP contribution is 2.25. The van der Waals surface area contributed by atoms with Crippen LogP contribution in [-0.2, 0) is 4.79 Å². The molecule has 1 aromatic carbocycles. The van der Waals surface area contributed by atoms with Gasteiger partial charge in [-0.1, -0.05) is 0 Å². The van der Waals surface area contributed by atoms with Crippen molar-refractivity contribution in [2.45, 2.75) is 31.7 Å². The molecule has 1 aliphatic rings. The van der Waals surface area contributed by atoms with Gasteiger partial charge in [-0.05, 0) is 60.1 Å². The van der Waals surface area contributed by atoms with E-state index in [1.54, 1.807) is 17.0 Å². The van der Waals surface area contributed by atoms with Crippen molar-refractivity contribution in [3.05, 3.63) is 27.3 Å². The van der Waals surface area contributed by atoms with Crippen LogP contribution >= 0.6 is 22.6 Å². The van der Waals surface area contributed by atoms with Crippen molar-refractivity contribution in [3.8, 4) is 5.75 Å². The molecular formula is C14H16INO4. The van der Waals surface area contributed by atoms with Gasteiger partial charge >= 0.3 is 5.97 Å². The minimum absolute atomic E-state index is 0.0257. The number of aromatic hydroxyl groups is 1. The fourth-order valence-corrected chi connectivity index (χ4v) is 2.83. The summed E-state index contributed by atoms with van der Waals surface area (Å²) < 4.78 is 0.680. The number of carboxylic acid groups (broad SMARTS) is 1. The third-order valence-electron chi connectivity index (χ3n) is 3.49. The average Bonchev–Trinajstić information content (AvgIpc) is 2.41. The summed E-state index contributed by atoms with van der Waals surface area (Å²) in [5.74, 6) is -1.02. The molecule has 0 saturated carbocycles. The van der Waals surface area contributed by atoms with Crippen LogP contribution < -0.4 is 0 Å². The molecule has 20 heavy (non-hydrogen) atoms. The maximum Gasteiger partial charge on any atom is 0.305 e. The lowest BCUT2D eigenvalue weighted by atomic mass is 9.98. The van der Waals surface area contributed by atoms with Gasteiger partial charge in [0.15, 0.2) is 0 Å². The number of likely N-dealkylation sites (tertiary alicyclic amines) is 1. The van der Waals surface area contributed by atoms with Crippen LogP contribution in [0.2, 0.25) is 0 Å². The molecule has 0 aliphatic carbocycles. The molecule has 108 valence electrons. The van der Waals surface area contributed by atoms with Gasteiger partial charge in [-0.2, -0.15) is 0 Å². The number of hydrogen-bond acceptors (Lipinski definition) is 3. The van der Waals surface area contributed by atoms with Crippen molar-refractivity contribution < 1.29 is 19.8 Å². The fourth-order valence-electron chi connectivity index (χ4n) is 2.49. The Morgan fingerprint density at radius 2 is 2.10 bits per heavy atom. The molecule has 0 spiro atoms. The normalized spacial score (nSPS) is 18.9. The summed E-state index contributed by atoms with van der Waals surface area (Å²) in [6.07, 6.45) is 2.52. The van der Waals surface area contributed by atoms with Crippen LogP contribution in [0.25, 0.3) is 0 Å². The second-order valence-corrected chi connectivity index (χ2v) is 6.07. The van der Waals surface area contributed by atoms with Crippen molar-refractivity contribution in [2.24, 2.45) is 0 Å². The summed E-state index contributed by atoms with van der Waals surface area (Å²) >= 11 is 1.99. The van der Waals surface area contributed by atoms with Crippen LogP contribution in [0, 0.1) is 3.57 Å². The number of hydrogen-bond donors (Lipinski definition) is 2. The molecule has 2 N–H and O–H groups in total. The molecule has 0 aromatic heterocycles. The van der Waals surface area contributed by atoms with Crippen LogP contribution in [-0.4, -0.2) is 39.6 Å². The quantitative estimate of drug-likeness (QED) is 0.779. The Bertz CT molecular complexity index is 532. The third kappa shape index (κ3) is 3.41. The molecule has 1 atom stereocenters. The summed E-state index contributed by atoms with van der Waals surface area (Å²) in [5, 5.41) is 18.6. The first-order valence-corrected chi connectivity index (χ1v) is 7.58. The summed E-state index contributed by atoms with van der Waals surface area (Å²) in [4.78, 5) is 25.0. The van der Waals surface area contributed by atoms with E-state index in [4.69, 9.17) is 5.11 Å². The van der Waals surface area contributed by atoms with E-state index in [1.165, 1.54) is 6.07 Å². The first-order chi connectivity index (χ1) is 9.49. The highest BCUT2D eigenvalue weighted by Gasteiger charge is 2.29. The van der Waals surface area contributed by atoms with E-state index in [9.17, 15) is 14.7 Å². The zero-order valence-electron chi connectivity index (χ0n) is 10.9. The monoisotopic (exact) mass is 389 g/mol. The SMILES string of the molecule is O=C(O)CC1CCCCN1C(=O)c1ccc(I)c(O)c1. The highest BCUT2D eigenvalue weighted by atomic mass is 127. The van der Waals surface area contributed by atoms with Gasteiger partial charge in [-0.3, -0.25) is 9.59 Å². The van der Waals surface area contributed by atoms with E-state index in [0.29, 0.717) is 22.1 Å². The van der Waals surface area contributed by atoms with E-state index in [-0.39, 0.29) is 24.1 Å². The maximum atomic E-state index is 12.5. The molecule has 2 rings (SSSR count). The predicted molar refractivity (Wildman–Crippen MR) is 81.8 cm³/mol. The number of carbonyl (C=O) groups excluding carboxylic acids is 1. The van der Waals surface area contributed by atoms with E-state index in [2.05, 4.69) is 0 Å². The number of benzene rings is 1. The lowest BCUT2D eigenvalue weighted by Crippen LogP contribution is -2.44. The lowest BCUT2D eigenvalue weighted by Gasteiger charge is -2.35. The topological polar surface area (TPSA) is 77.8 Å². The standard InChI is InChI=1S/C14H16INO4/c15-11-5-4-9(7-12(11)17)14(20)16-6-2-1-3-10(16)8-13(18)19/h4-5,7,10,17H,1-3,6,8H2,(H,18,19). The molecular weight excluding hydrogens is 373 g/mol. The zero-order chi connectivity index (χ0) is 14.7. The van der Waals surface area contributed by atoms with Gasteiger partial charge in [0.1, 0.15) is 5.75 Å². The smallest absolute Gasteiger partial charge is 0.305 e. The molecule has 1 unspecified atom stereocenters. The number of nitrogens with zero attached hydrogens (tertiary/aromatic N) is 1. The minimum Gasteiger partial charge on any atom is -0.507 e. The Morgan fingerprint density at radius 1 is 1.35 bits per heavy atom. The van der Waals surface area contributed by atoms with Gasteiger partial charge in [0, 0.05) is 18.2 Å². The van der Waals surface area contributed by atoms with Crippen LogP contribution in [0.1, 0.15) is 36.0 Å². The second kappa shape index (κ2) is 6.43. The van der Waals surface area contributed by atoms with Crippen LogP contribution in [0.15, 0.2) is 18.2 Å². The number of piperidine rings is 1. The highest BCUT2D eigenvalue weighted by molar-refractivity contribution is 14.1. The van der Waals surface area contributed by atoms with Gasteiger partial charge in [0.05, 0.1) is 9.99 Å². The van der Waals surface area contributed by atoms with E-state index < -0.39 is 5.97 Å². The first kappa shape index (κ1) is 15.1. The number of rotatable bonds is 3. The molecule has 6 heteroatoms. The van der Waals surface area contributed by atoms with Crippen molar-refractivity contribution in [1.82, 2.24) is 4.90 Å². The molecule has 1 fully saturated rings. The van der Waals surface area contributed by atoms with Crippen molar-refractivity contribution in [2.75, 3.05) is 6.54 Å². The zero-order valence-corrected chi connectivity index (χ0v) is 13.0. The lowest BCUT2D eigenvalue weighted by molar-refractivity contribution is -0.138. The second-order valence-electron chi connectivity index (χ2n) is 4.91.